The Balaban J connectivity index is 2.74. The molecule has 1 heterocycles. The zero-order chi connectivity index (χ0) is 10.8. The summed E-state index contributed by atoms with van der Waals surface area (Å²) in [7, 11) is 1.35. The number of benzene rings is 1. The van der Waals surface area contributed by atoms with Crippen molar-refractivity contribution >= 4 is 28.3 Å². The molecule has 0 atom stereocenters. The van der Waals surface area contributed by atoms with E-state index in [0.717, 1.165) is 10.8 Å². The number of methoxy groups -OCH3 is 1. The first kappa shape index (κ1) is 9.93. The Morgan fingerprint density at radius 3 is 3.00 bits per heavy atom. The van der Waals surface area contributed by atoms with E-state index >= 15 is 0 Å². The number of esters is 1. The maximum absolute atomic E-state index is 11.5. The van der Waals surface area contributed by atoms with Crippen LogP contribution in [0.15, 0.2) is 30.5 Å². The van der Waals surface area contributed by atoms with Gasteiger partial charge in [-0.25, -0.2) is 9.78 Å². The Morgan fingerprint density at radius 2 is 2.27 bits per heavy atom. The van der Waals surface area contributed by atoms with Crippen LogP contribution in [0.25, 0.3) is 10.8 Å². The van der Waals surface area contributed by atoms with Gasteiger partial charge >= 0.3 is 5.97 Å². The van der Waals surface area contributed by atoms with Gasteiger partial charge in [-0.05, 0) is 12.1 Å². The summed E-state index contributed by atoms with van der Waals surface area (Å²) in [6, 6.07) is 7.00. The van der Waals surface area contributed by atoms with Crippen molar-refractivity contribution in [3.05, 3.63) is 41.2 Å². The molecule has 15 heavy (non-hydrogen) atoms. The van der Waals surface area contributed by atoms with Crippen LogP contribution in [-0.4, -0.2) is 18.1 Å². The highest BCUT2D eigenvalue weighted by atomic mass is 35.5. The van der Waals surface area contributed by atoms with Gasteiger partial charge in [-0.2, -0.15) is 0 Å². The summed E-state index contributed by atoms with van der Waals surface area (Å²) in [5.41, 5.74) is 0.499. The van der Waals surface area contributed by atoms with Crippen LogP contribution in [0.4, 0.5) is 0 Å². The van der Waals surface area contributed by atoms with Crippen LogP contribution in [0, 0.1) is 0 Å². The number of hydrogen-bond acceptors (Lipinski definition) is 3. The fourth-order valence-electron chi connectivity index (χ4n) is 1.43. The minimum absolute atomic E-state index is 0.360. The van der Waals surface area contributed by atoms with Gasteiger partial charge < -0.3 is 4.74 Å². The standard InChI is InChI=1S/C11H8ClNO2/c1-15-11(14)8-4-2-3-7-6-13-10(12)5-9(7)8/h2-6H,1H3. The number of fused-ring (bicyclic) bond motifs is 1. The van der Waals surface area contributed by atoms with Gasteiger partial charge in [-0.3, -0.25) is 0 Å². The Morgan fingerprint density at radius 1 is 1.47 bits per heavy atom. The molecule has 0 saturated heterocycles. The molecule has 76 valence electrons. The van der Waals surface area contributed by atoms with Crippen molar-refractivity contribution in [3.8, 4) is 0 Å². The fraction of sp³-hybridized carbons (Fsp3) is 0.0909. The second-order valence-electron chi connectivity index (χ2n) is 3.03. The molecule has 0 spiro atoms. The van der Waals surface area contributed by atoms with Crippen molar-refractivity contribution in [3.63, 3.8) is 0 Å². The summed E-state index contributed by atoms with van der Waals surface area (Å²) in [6.45, 7) is 0. The first-order valence-corrected chi connectivity index (χ1v) is 4.73. The number of aromatic nitrogens is 1. The van der Waals surface area contributed by atoms with E-state index in [9.17, 15) is 4.79 Å². The van der Waals surface area contributed by atoms with Gasteiger partial charge in [0.15, 0.2) is 0 Å². The predicted octanol–water partition coefficient (Wildman–Crippen LogP) is 2.67. The van der Waals surface area contributed by atoms with Crippen molar-refractivity contribution in [2.24, 2.45) is 0 Å². The third kappa shape index (κ3) is 1.78. The van der Waals surface area contributed by atoms with E-state index < -0.39 is 0 Å². The summed E-state index contributed by atoms with van der Waals surface area (Å²) in [6.07, 6.45) is 1.63. The molecule has 0 bridgehead atoms. The normalized spacial score (nSPS) is 10.3. The van der Waals surface area contributed by atoms with Crippen molar-refractivity contribution in [2.75, 3.05) is 7.11 Å². The van der Waals surface area contributed by atoms with Gasteiger partial charge in [-0.15, -0.1) is 0 Å². The molecule has 0 unspecified atom stereocenters. The average Bonchev–Trinajstić information content (AvgIpc) is 2.27. The van der Waals surface area contributed by atoms with Gasteiger partial charge in [0.2, 0.25) is 0 Å². The van der Waals surface area contributed by atoms with Crippen molar-refractivity contribution in [2.45, 2.75) is 0 Å². The van der Waals surface area contributed by atoms with E-state index in [1.165, 1.54) is 7.11 Å². The van der Waals surface area contributed by atoms with Gasteiger partial charge in [0.05, 0.1) is 12.7 Å². The van der Waals surface area contributed by atoms with E-state index in [0.29, 0.717) is 10.7 Å². The number of halogens is 1. The minimum atomic E-state index is -0.372. The van der Waals surface area contributed by atoms with Gasteiger partial charge in [0, 0.05) is 17.0 Å². The Bertz CT molecular complexity index is 525. The molecule has 3 nitrogen and oxygen atoms in total. The zero-order valence-corrected chi connectivity index (χ0v) is 8.78. The first-order chi connectivity index (χ1) is 7.22. The van der Waals surface area contributed by atoms with Crippen LogP contribution in [0.2, 0.25) is 5.15 Å². The average molecular weight is 222 g/mol. The van der Waals surface area contributed by atoms with E-state index in [1.807, 2.05) is 6.07 Å². The van der Waals surface area contributed by atoms with Crippen molar-refractivity contribution in [1.29, 1.82) is 0 Å². The molecule has 1 aromatic carbocycles. The first-order valence-electron chi connectivity index (χ1n) is 4.35. The van der Waals surface area contributed by atoms with Crippen LogP contribution in [0.5, 0.6) is 0 Å². The highest BCUT2D eigenvalue weighted by molar-refractivity contribution is 6.30. The molecule has 4 heteroatoms. The summed E-state index contributed by atoms with van der Waals surface area (Å²) < 4.78 is 4.68. The molecule has 0 saturated carbocycles. The fourth-order valence-corrected chi connectivity index (χ4v) is 1.59. The summed E-state index contributed by atoms with van der Waals surface area (Å²) in [5.74, 6) is -0.372. The van der Waals surface area contributed by atoms with Crippen LogP contribution < -0.4 is 0 Å². The molecule has 2 aromatic rings. The van der Waals surface area contributed by atoms with Crippen molar-refractivity contribution in [1.82, 2.24) is 4.98 Å². The SMILES string of the molecule is COC(=O)c1cccc2cnc(Cl)cc12. The number of nitrogens with zero attached hydrogens (tertiary/aromatic N) is 1. The minimum Gasteiger partial charge on any atom is -0.465 e. The Labute approximate surface area is 91.6 Å². The summed E-state index contributed by atoms with van der Waals surface area (Å²) in [5, 5.41) is 1.98. The number of ether oxygens (including phenoxy) is 1. The van der Waals surface area contributed by atoms with Gasteiger partial charge in [-0.1, -0.05) is 23.7 Å². The smallest absolute Gasteiger partial charge is 0.338 e. The third-order valence-electron chi connectivity index (χ3n) is 2.14. The molecule has 0 fully saturated rings. The topological polar surface area (TPSA) is 39.2 Å². The van der Waals surface area contributed by atoms with Crippen LogP contribution >= 0.6 is 11.6 Å². The summed E-state index contributed by atoms with van der Waals surface area (Å²) >= 11 is 5.78. The molecule has 0 amide bonds. The largest absolute Gasteiger partial charge is 0.465 e. The second-order valence-corrected chi connectivity index (χ2v) is 3.41. The maximum atomic E-state index is 11.5. The molecule has 0 aliphatic rings. The molecular weight excluding hydrogens is 214 g/mol. The lowest BCUT2D eigenvalue weighted by molar-refractivity contribution is 0.0603. The maximum Gasteiger partial charge on any atom is 0.338 e. The van der Waals surface area contributed by atoms with E-state index in [2.05, 4.69) is 9.72 Å². The number of rotatable bonds is 1. The monoisotopic (exact) mass is 221 g/mol. The van der Waals surface area contributed by atoms with Crippen LogP contribution in [-0.2, 0) is 4.74 Å². The molecule has 2 rings (SSSR count). The molecular formula is C11H8ClNO2. The zero-order valence-electron chi connectivity index (χ0n) is 8.03. The molecule has 0 aliphatic heterocycles. The number of carbonyl (C=O) groups is 1. The number of carbonyl (C=O) groups excluding carboxylic acids is 1. The molecule has 0 radical (unpaired) electrons. The van der Waals surface area contributed by atoms with E-state index in [-0.39, 0.29) is 5.97 Å². The lowest BCUT2D eigenvalue weighted by Crippen LogP contribution is -2.01. The van der Waals surface area contributed by atoms with Crippen molar-refractivity contribution < 1.29 is 9.53 Å². The number of hydrogen-bond donors (Lipinski definition) is 0. The van der Waals surface area contributed by atoms with Gasteiger partial charge in [0.1, 0.15) is 5.15 Å². The molecule has 0 N–H and O–H groups in total. The molecule has 0 aliphatic carbocycles. The van der Waals surface area contributed by atoms with E-state index in [4.69, 9.17) is 11.6 Å². The van der Waals surface area contributed by atoms with Gasteiger partial charge in [0.25, 0.3) is 0 Å². The lowest BCUT2D eigenvalue weighted by atomic mass is 10.1. The highest BCUT2D eigenvalue weighted by Gasteiger charge is 2.10. The van der Waals surface area contributed by atoms with Crippen LogP contribution in [0.1, 0.15) is 10.4 Å². The quantitative estimate of drug-likeness (QED) is 0.549. The second kappa shape index (κ2) is 3.87. The Hall–Kier alpha value is -1.61. The van der Waals surface area contributed by atoms with Crippen LogP contribution in [0.3, 0.4) is 0 Å². The summed E-state index contributed by atoms with van der Waals surface area (Å²) in [4.78, 5) is 15.4. The van der Waals surface area contributed by atoms with E-state index in [1.54, 1.807) is 24.4 Å². The highest BCUT2D eigenvalue weighted by Crippen LogP contribution is 2.21. The lowest BCUT2D eigenvalue weighted by Gasteiger charge is -2.04. The third-order valence-corrected chi connectivity index (χ3v) is 2.34. The molecule has 1 aromatic heterocycles. The number of pyridine rings is 1. The Kier molecular flexibility index (Phi) is 2.56. The predicted molar refractivity (Wildman–Crippen MR) is 58.1 cm³/mol.